The Balaban J connectivity index is 1.32. The summed E-state index contributed by atoms with van der Waals surface area (Å²) in [5, 5.41) is 1.19. The Labute approximate surface area is 250 Å². The van der Waals surface area contributed by atoms with Crippen LogP contribution in [0.1, 0.15) is 57.5 Å². The number of hydrogen-bond donors (Lipinski definition) is 0. The molecule has 0 radical (unpaired) electrons. The molecule has 4 nitrogen and oxygen atoms in total. The fourth-order valence-corrected chi connectivity index (χ4v) is 7.34. The minimum atomic E-state index is 0.0610. The number of aromatic nitrogens is 3. The van der Waals surface area contributed by atoms with Crippen molar-refractivity contribution in [2.45, 2.75) is 60.3 Å². The Morgan fingerprint density at radius 1 is 0.829 bits per heavy atom. The molecule has 208 valence electrons. The molecule has 0 atom stereocenters. The van der Waals surface area contributed by atoms with E-state index < -0.39 is 0 Å². The molecule has 2 aromatic carbocycles. The summed E-state index contributed by atoms with van der Waals surface area (Å²) in [6.45, 7) is 15.6. The van der Waals surface area contributed by atoms with Crippen LogP contribution >= 0.6 is 22.7 Å². The van der Waals surface area contributed by atoms with E-state index in [1.165, 1.54) is 21.2 Å². The highest BCUT2D eigenvalue weighted by Crippen LogP contribution is 2.43. The van der Waals surface area contributed by atoms with Crippen molar-refractivity contribution in [1.82, 2.24) is 15.0 Å². The standard InChI is InChI=1S/C35H35N3OS2/c1-21-28(39-25-10-8-9-23(16-25)27-17-24(13-14-36-27)35(5,6)7)18-30(40-21)32-33-31(37-20-38-32)26-12-11-22(15-29(26)41-33)19-34(2,3)4/h8-18,20H,19H2,1-7H3. The largest absolute Gasteiger partial charge is 0.456 e. The number of ether oxygens (including phenoxy) is 1. The Kier molecular flexibility index (Phi) is 6.95. The predicted octanol–water partition coefficient (Wildman–Crippen LogP) is 10.6. The molecule has 0 saturated heterocycles. The van der Waals surface area contributed by atoms with E-state index in [2.05, 4.69) is 107 Å². The Morgan fingerprint density at radius 2 is 1.66 bits per heavy atom. The Morgan fingerprint density at radius 3 is 2.44 bits per heavy atom. The van der Waals surface area contributed by atoms with Gasteiger partial charge in [-0.05, 0) is 65.6 Å². The first kappa shape index (κ1) is 27.6. The van der Waals surface area contributed by atoms with Crippen molar-refractivity contribution >= 4 is 43.0 Å². The van der Waals surface area contributed by atoms with E-state index in [0.717, 1.165) is 54.8 Å². The van der Waals surface area contributed by atoms with E-state index in [1.807, 2.05) is 18.3 Å². The third-order valence-electron chi connectivity index (χ3n) is 7.14. The molecule has 0 spiro atoms. The summed E-state index contributed by atoms with van der Waals surface area (Å²) in [5.74, 6) is 1.64. The molecule has 0 fully saturated rings. The molecule has 0 aliphatic heterocycles. The summed E-state index contributed by atoms with van der Waals surface area (Å²) < 4.78 is 8.83. The lowest BCUT2D eigenvalue weighted by Gasteiger charge is -2.19. The van der Waals surface area contributed by atoms with Crippen molar-refractivity contribution in [3.05, 3.63) is 89.2 Å². The third kappa shape index (κ3) is 5.77. The van der Waals surface area contributed by atoms with Crippen LogP contribution in [0.5, 0.6) is 11.5 Å². The van der Waals surface area contributed by atoms with Crippen molar-refractivity contribution in [1.29, 1.82) is 0 Å². The molecule has 0 bridgehead atoms. The zero-order valence-electron chi connectivity index (χ0n) is 24.7. The average Bonchev–Trinajstić information content (AvgIpc) is 3.47. The zero-order chi connectivity index (χ0) is 28.9. The number of thiophene rings is 2. The number of benzene rings is 2. The van der Waals surface area contributed by atoms with Gasteiger partial charge in [-0.3, -0.25) is 4.98 Å². The first-order chi connectivity index (χ1) is 19.4. The second-order valence-corrected chi connectivity index (χ2v) is 15.2. The first-order valence-corrected chi connectivity index (χ1v) is 15.6. The van der Waals surface area contributed by atoms with Gasteiger partial charge in [0, 0.05) is 32.8 Å². The van der Waals surface area contributed by atoms with E-state index in [9.17, 15) is 0 Å². The molecular formula is C35H35N3OS2. The summed E-state index contributed by atoms with van der Waals surface area (Å²) in [7, 11) is 0. The van der Waals surface area contributed by atoms with Crippen LogP contribution in [-0.4, -0.2) is 15.0 Å². The molecule has 6 rings (SSSR count). The van der Waals surface area contributed by atoms with Gasteiger partial charge < -0.3 is 4.74 Å². The van der Waals surface area contributed by atoms with Crippen LogP contribution in [0.25, 0.3) is 42.1 Å². The van der Waals surface area contributed by atoms with Crippen LogP contribution < -0.4 is 4.74 Å². The van der Waals surface area contributed by atoms with Crippen LogP contribution in [0.15, 0.2) is 73.2 Å². The number of hydrogen-bond acceptors (Lipinski definition) is 6. The smallest absolute Gasteiger partial charge is 0.141 e. The molecule has 0 N–H and O–H groups in total. The molecule has 0 amide bonds. The van der Waals surface area contributed by atoms with Crippen molar-refractivity contribution in [2.75, 3.05) is 0 Å². The minimum absolute atomic E-state index is 0.0610. The van der Waals surface area contributed by atoms with Gasteiger partial charge in [-0.1, -0.05) is 65.8 Å². The maximum absolute atomic E-state index is 6.45. The van der Waals surface area contributed by atoms with Gasteiger partial charge in [0.15, 0.2) is 0 Å². The molecule has 0 aliphatic carbocycles. The Bertz CT molecular complexity index is 1890. The second-order valence-electron chi connectivity index (χ2n) is 12.9. The zero-order valence-corrected chi connectivity index (χ0v) is 26.3. The van der Waals surface area contributed by atoms with Crippen molar-refractivity contribution in [3.8, 4) is 33.3 Å². The molecule has 0 aliphatic rings. The molecule has 4 aromatic heterocycles. The van der Waals surface area contributed by atoms with Crippen molar-refractivity contribution < 1.29 is 4.74 Å². The lowest BCUT2D eigenvalue weighted by molar-refractivity contribution is 0.411. The highest BCUT2D eigenvalue weighted by molar-refractivity contribution is 7.26. The number of pyridine rings is 1. The number of aryl methyl sites for hydroxylation is 1. The lowest BCUT2D eigenvalue weighted by atomic mass is 9.87. The van der Waals surface area contributed by atoms with E-state index >= 15 is 0 Å². The summed E-state index contributed by atoms with van der Waals surface area (Å²) in [4.78, 5) is 16.3. The second kappa shape index (κ2) is 10.3. The average molecular weight is 578 g/mol. The quantitative estimate of drug-likeness (QED) is 0.204. The number of nitrogens with zero attached hydrogens (tertiary/aromatic N) is 3. The van der Waals surface area contributed by atoms with Gasteiger partial charge in [0.2, 0.25) is 0 Å². The van der Waals surface area contributed by atoms with E-state index in [-0.39, 0.29) is 10.8 Å². The normalized spacial score (nSPS) is 12.4. The first-order valence-electron chi connectivity index (χ1n) is 14.0. The fourth-order valence-electron chi connectivity index (χ4n) is 5.10. The number of fused-ring (bicyclic) bond motifs is 3. The lowest BCUT2D eigenvalue weighted by Crippen LogP contribution is -2.11. The third-order valence-corrected chi connectivity index (χ3v) is 9.33. The van der Waals surface area contributed by atoms with Crippen LogP contribution in [0.2, 0.25) is 0 Å². The van der Waals surface area contributed by atoms with Crippen LogP contribution in [-0.2, 0) is 11.8 Å². The highest BCUT2D eigenvalue weighted by atomic mass is 32.1. The van der Waals surface area contributed by atoms with Gasteiger partial charge in [0.05, 0.1) is 20.8 Å². The topological polar surface area (TPSA) is 47.9 Å². The van der Waals surface area contributed by atoms with Gasteiger partial charge in [-0.25, -0.2) is 9.97 Å². The van der Waals surface area contributed by atoms with Gasteiger partial charge in [-0.2, -0.15) is 0 Å². The maximum Gasteiger partial charge on any atom is 0.141 e. The van der Waals surface area contributed by atoms with Crippen LogP contribution in [0, 0.1) is 12.3 Å². The molecular weight excluding hydrogens is 543 g/mol. The monoisotopic (exact) mass is 577 g/mol. The number of rotatable bonds is 5. The maximum atomic E-state index is 6.45. The minimum Gasteiger partial charge on any atom is -0.456 e. The van der Waals surface area contributed by atoms with Gasteiger partial charge >= 0.3 is 0 Å². The molecule has 0 saturated carbocycles. The summed E-state index contributed by atoms with van der Waals surface area (Å²) in [6.07, 6.45) is 4.62. The highest BCUT2D eigenvalue weighted by Gasteiger charge is 2.19. The molecule has 0 unspecified atom stereocenters. The van der Waals surface area contributed by atoms with E-state index in [4.69, 9.17) is 9.72 Å². The van der Waals surface area contributed by atoms with Crippen LogP contribution in [0.3, 0.4) is 0 Å². The van der Waals surface area contributed by atoms with Gasteiger partial charge in [0.1, 0.15) is 23.5 Å². The van der Waals surface area contributed by atoms with Crippen LogP contribution in [0.4, 0.5) is 0 Å². The summed E-state index contributed by atoms with van der Waals surface area (Å²) in [5.41, 5.74) is 6.89. The van der Waals surface area contributed by atoms with E-state index in [0.29, 0.717) is 0 Å². The van der Waals surface area contributed by atoms with Crippen molar-refractivity contribution in [2.24, 2.45) is 5.41 Å². The van der Waals surface area contributed by atoms with Crippen molar-refractivity contribution in [3.63, 3.8) is 0 Å². The van der Waals surface area contributed by atoms with Gasteiger partial charge in [-0.15, -0.1) is 22.7 Å². The molecule has 6 aromatic rings. The SMILES string of the molecule is Cc1sc(-c2ncnc3c2sc2cc(CC(C)(C)C)ccc23)cc1Oc1cccc(-c2cc(C(C)(C)C)ccn2)c1. The Hall–Kier alpha value is -3.61. The molecule has 41 heavy (non-hydrogen) atoms. The molecule has 6 heteroatoms. The molecule has 4 heterocycles. The summed E-state index contributed by atoms with van der Waals surface area (Å²) in [6, 6.07) is 21.3. The van der Waals surface area contributed by atoms with E-state index in [1.54, 1.807) is 29.0 Å². The van der Waals surface area contributed by atoms with Gasteiger partial charge in [0.25, 0.3) is 0 Å². The predicted molar refractivity (Wildman–Crippen MR) is 175 cm³/mol. The fraction of sp³-hybridized carbons (Fsp3) is 0.286. The summed E-state index contributed by atoms with van der Waals surface area (Å²) >= 11 is 3.49.